The molecule has 1 aliphatic heterocycles. The fourth-order valence-corrected chi connectivity index (χ4v) is 2.10. The topological polar surface area (TPSA) is 38.1 Å². The predicted octanol–water partition coefficient (Wildman–Crippen LogP) is 1.99. The Morgan fingerprint density at radius 1 is 1.53 bits per heavy atom. The minimum Gasteiger partial charge on any atom is -0.294 e. The minimum atomic E-state index is 0.123. The number of aromatic nitrogens is 2. The predicted molar refractivity (Wildman–Crippen MR) is 59.2 cm³/mol. The van der Waals surface area contributed by atoms with E-state index >= 15 is 0 Å². The van der Waals surface area contributed by atoms with E-state index in [1.165, 1.54) is 0 Å². The van der Waals surface area contributed by atoms with Crippen molar-refractivity contribution in [3.05, 3.63) is 10.7 Å². The molecule has 0 aromatic carbocycles. The summed E-state index contributed by atoms with van der Waals surface area (Å²) in [5.74, 6) is 0.746. The third kappa shape index (κ3) is 1.63. The molecule has 2 heterocycles. The van der Waals surface area contributed by atoms with Gasteiger partial charge in [0, 0.05) is 19.5 Å². The molecule has 15 heavy (non-hydrogen) atoms. The maximum Gasteiger partial charge on any atom is 0.228 e. The van der Waals surface area contributed by atoms with Crippen LogP contribution in [0.4, 0.5) is 5.82 Å². The van der Waals surface area contributed by atoms with Crippen LogP contribution in [-0.2, 0) is 11.3 Å². The largest absolute Gasteiger partial charge is 0.294 e. The van der Waals surface area contributed by atoms with Crippen LogP contribution in [0.1, 0.15) is 25.5 Å². The Bertz CT molecular complexity index is 400. The Hall–Kier alpha value is -1.03. The lowest BCUT2D eigenvalue weighted by molar-refractivity contribution is -0.117. The molecule has 0 aliphatic carbocycles. The van der Waals surface area contributed by atoms with Gasteiger partial charge in [0.05, 0.1) is 5.69 Å². The highest BCUT2D eigenvalue weighted by atomic mass is 35.5. The van der Waals surface area contributed by atoms with Crippen molar-refractivity contribution in [3.8, 4) is 0 Å². The first-order chi connectivity index (χ1) is 7.15. The van der Waals surface area contributed by atoms with E-state index in [2.05, 4.69) is 5.10 Å². The Labute approximate surface area is 93.8 Å². The molecule has 82 valence electrons. The molecule has 5 heteroatoms. The highest BCUT2D eigenvalue weighted by Crippen LogP contribution is 2.30. The Morgan fingerprint density at radius 2 is 2.27 bits per heavy atom. The molecule has 1 saturated heterocycles. The average Bonchev–Trinajstić information content (AvgIpc) is 2.74. The van der Waals surface area contributed by atoms with Gasteiger partial charge in [0.1, 0.15) is 5.02 Å². The summed E-state index contributed by atoms with van der Waals surface area (Å²) in [5, 5.41) is 4.95. The van der Waals surface area contributed by atoms with Crippen LogP contribution < -0.4 is 4.90 Å². The molecule has 1 aromatic heterocycles. The normalized spacial score (nSPS) is 16.5. The summed E-state index contributed by atoms with van der Waals surface area (Å²) < 4.78 is 1.82. The van der Waals surface area contributed by atoms with E-state index in [9.17, 15) is 4.79 Å². The number of hydrogen-bond acceptors (Lipinski definition) is 2. The first kappa shape index (κ1) is 10.5. The van der Waals surface area contributed by atoms with Crippen molar-refractivity contribution in [3.63, 3.8) is 0 Å². The lowest BCUT2D eigenvalue weighted by Crippen LogP contribution is -2.24. The summed E-state index contributed by atoms with van der Waals surface area (Å²) in [6.45, 7) is 5.43. The molecule has 0 bridgehead atoms. The summed E-state index contributed by atoms with van der Waals surface area (Å²) in [7, 11) is 0. The smallest absolute Gasteiger partial charge is 0.228 e. The van der Waals surface area contributed by atoms with Crippen LogP contribution >= 0.6 is 11.6 Å². The van der Waals surface area contributed by atoms with Crippen LogP contribution in [0.2, 0.25) is 5.02 Å². The molecule has 0 saturated carbocycles. The van der Waals surface area contributed by atoms with E-state index in [4.69, 9.17) is 11.6 Å². The van der Waals surface area contributed by atoms with Gasteiger partial charge in [-0.2, -0.15) is 5.10 Å². The summed E-state index contributed by atoms with van der Waals surface area (Å²) >= 11 is 6.16. The molecule has 0 unspecified atom stereocenters. The van der Waals surface area contributed by atoms with E-state index in [0.717, 1.165) is 25.2 Å². The molecule has 1 aliphatic rings. The number of nitrogens with zero attached hydrogens (tertiary/aromatic N) is 3. The summed E-state index contributed by atoms with van der Waals surface area (Å²) in [6.07, 6.45) is 1.50. The Morgan fingerprint density at radius 3 is 2.73 bits per heavy atom. The maximum absolute atomic E-state index is 11.6. The summed E-state index contributed by atoms with van der Waals surface area (Å²) in [4.78, 5) is 13.2. The van der Waals surface area contributed by atoms with Gasteiger partial charge in [-0.05, 0) is 20.3 Å². The maximum atomic E-state index is 11.6. The quantitative estimate of drug-likeness (QED) is 0.775. The van der Waals surface area contributed by atoms with Crippen LogP contribution in [0.15, 0.2) is 0 Å². The van der Waals surface area contributed by atoms with Crippen molar-refractivity contribution in [1.29, 1.82) is 0 Å². The van der Waals surface area contributed by atoms with Gasteiger partial charge in [-0.3, -0.25) is 14.4 Å². The first-order valence-corrected chi connectivity index (χ1v) is 5.56. The van der Waals surface area contributed by atoms with E-state index in [0.29, 0.717) is 17.3 Å². The minimum absolute atomic E-state index is 0.123. The van der Waals surface area contributed by atoms with Gasteiger partial charge in [0.15, 0.2) is 5.82 Å². The van der Waals surface area contributed by atoms with Gasteiger partial charge in [-0.15, -0.1) is 0 Å². The number of aryl methyl sites for hydroxylation is 1. The molecule has 0 spiro atoms. The lowest BCUT2D eigenvalue weighted by Gasteiger charge is -2.11. The van der Waals surface area contributed by atoms with Crippen LogP contribution in [-0.4, -0.2) is 22.2 Å². The highest BCUT2D eigenvalue weighted by molar-refractivity contribution is 6.34. The SMILES string of the molecule is CCn1nc(N2CCCC2=O)c(Cl)c1C. The van der Waals surface area contributed by atoms with Crippen molar-refractivity contribution in [1.82, 2.24) is 9.78 Å². The average molecular weight is 228 g/mol. The third-order valence-electron chi connectivity index (χ3n) is 2.75. The molecular formula is C10H14ClN3O. The molecule has 1 amide bonds. The molecule has 1 aromatic rings. The van der Waals surface area contributed by atoms with Crippen molar-refractivity contribution < 1.29 is 4.79 Å². The number of carbonyl (C=O) groups excluding carboxylic acids is 1. The van der Waals surface area contributed by atoms with Crippen LogP contribution in [0, 0.1) is 6.92 Å². The molecule has 2 rings (SSSR count). The number of rotatable bonds is 2. The zero-order valence-electron chi connectivity index (χ0n) is 8.96. The van der Waals surface area contributed by atoms with Crippen molar-refractivity contribution in [2.75, 3.05) is 11.4 Å². The highest BCUT2D eigenvalue weighted by Gasteiger charge is 2.27. The fourth-order valence-electron chi connectivity index (χ4n) is 1.86. The number of carbonyl (C=O) groups is 1. The number of amides is 1. The molecule has 1 fully saturated rings. The van der Waals surface area contributed by atoms with E-state index < -0.39 is 0 Å². The Kier molecular flexibility index (Phi) is 2.69. The van der Waals surface area contributed by atoms with Crippen molar-refractivity contribution >= 4 is 23.3 Å². The molecule has 0 radical (unpaired) electrons. The van der Waals surface area contributed by atoms with Gasteiger partial charge in [0.2, 0.25) is 5.91 Å². The van der Waals surface area contributed by atoms with Gasteiger partial charge in [0.25, 0.3) is 0 Å². The van der Waals surface area contributed by atoms with Gasteiger partial charge < -0.3 is 0 Å². The van der Waals surface area contributed by atoms with E-state index in [1.54, 1.807) is 4.90 Å². The zero-order chi connectivity index (χ0) is 11.0. The second-order valence-electron chi connectivity index (χ2n) is 3.69. The molecule has 0 N–H and O–H groups in total. The number of anilines is 1. The molecule has 0 atom stereocenters. The standard InChI is InChI=1S/C10H14ClN3O/c1-3-14-7(2)9(11)10(12-14)13-6-4-5-8(13)15/h3-6H2,1-2H3. The number of halogens is 1. The van der Waals surface area contributed by atoms with Crippen molar-refractivity contribution in [2.24, 2.45) is 0 Å². The van der Waals surface area contributed by atoms with Gasteiger partial charge in [-0.1, -0.05) is 11.6 Å². The second-order valence-corrected chi connectivity index (χ2v) is 4.07. The van der Waals surface area contributed by atoms with Gasteiger partial charge in [-0.25, -0.2) is 0 Å². The van der Waals surface area contributed by atoms with E-state index in [-0.39, 0.29) is 5.91 Å². The van der Waals surface area contributed by atoms with Gasteiger partial charge >= 0.3 is 0 Å². The summed E-state index contributed by atoms with van der Waals surface area (Å²) in [5.41, 5.74) is 0.925. The second kappa shape index (κ2) is 3.85. The van der Waals surface area contributed by atoms with Crippen LogP contribution in [0.3, 0.4) is 0 Å². The summed E-state index contributed by atoms with van der Waals surface area (Å²) in [6, 6.07) is 0. The van der Waals surface area contributed by atoms with Crippen molar-refractivity contribution in [2.45, 2.75) is 33.2 Å². The fraction of sp³-hybridized carbons (Fsp3) is 0.600. The Balaban J connectivity index is 2.39. The number of hydrogen-bond donors (Lipinski definition) is 0. The molecule has 4 nitrogen and oxygen atoms in total. The zero-order valence-corrected chi connectivity index (χ0v) is 9.71. The first-order valence-electron chi connectivity index (χ1n) is 5.18. The third-order valence-corrected chi connectivity index (χ3v) is 3.19. The van der Waals surface area contributed by atoms with Crippen LogP contribution in [0.5, 0.6) is 0 Å². The van der Waals surface area contributed by atoms with Crippen LogP contribution in [0.25, 0.3) is 0 Å². The molecular weight excluding hydrogens is 214 g/mol. The van der Waals surface area contributed by atoms with E-state index in [1.807, 2.05) is 18.5 Å². The lowest BCUT2D eigenvalue weighted by atomic mass is 10.4. The monoisotopic (exact) mass is 227 g/mol.